The number of carbonyl (C=O) groups is 1. The molecule has 0 radical (unpaired) electrons. The summed E-state index contributed by atoms with van der Waals surface area (Å²) >= 11 is 0. The van der Waals surface area contributed by atoms with Crippen molar-refractivity contribution in [3.8, 4) is 0 Å². The lowest BCUT2D eigenvalue weighted by Gasteiger charge is -2.03. The van der Waals surface area contributed by atoms with Crippen molar-refractivity contribution in [3.63, 3.8) is 0 Å². The number of furan rings is 1. The molecular formula is C11H15NO3. The molecule has 0 spiro atoms. The van der Waals surface area contributed by atoms with Gasteiger partial charge in [0.1, 0.15) is 5.76 Å². The molecule has 0 aliphatic heterocycles. The first-order valence-corrected chi connectivity index (χ1v) is 5.30. The Bertz CT molecular complexity index is 304. The Morgan fingerprint density at radius 2 is 2.47 bits per heavy atom. The van der Waals surface area contributed by atoms with Gasteiger partial charge in [-0.1, -0.05) is 0 Å². The number of hydroxylamine groups is 1. The molecule has 2 rings (SSSR count). The van der Waals surface area contributed by atoms with Gasteiger partial charge in [0.15, 0.2) is 0 Å². The fraction of sp³-hybridized carbons (Fsp3) is 0.545. The molecule has 1 aliphatic rings. The molecule has 1 N–H and O–H groups in total. The highest BCUT2D eigenvalue weighted by molar-refractivity contribution is 5.79. The highest BCUT2D eigenvalue weighted by atomic mass is 16.6. The molecule has 4 heteroatoms. The molecule has 0 aromatic carbocycles. The SMILES string of the molecule is O=C(NOCCCc1ccco1)C1CC1. The number of rotatable bonds is 6. The normalized spacial score (nSPS) is 15.2. The molecule has 4 nitrogen and oxygen atoms in total. The number of hydrogen-bond acceptors (Lipinski definition) is 3. The highest BCUT2D eigenvalue weighted by Gasteiger charge is 2.29. The summed E-state index contributed by atoms with van der Waals surface area (Å²) in [4.78, 5) is 16.2. The van der Waals surface area contributed by atoms with Gasteiger partial charge in [0.05, 0.1) is 12.9 Å². The number of aryl methyl sites for hydroxylation is 1. The molecule has 1 saturated carbocycles. The number of amides is 1. The molecule has 1 aromatic heterocycles. The van der Waals surface area contributed by atoms with Gasteiger partial charge < -0.3 is 4.42 Å². The van der Waals surface area contributed by atoms with Crippen LogP contribution in [-0.4, -0.2) is 12.5 Å². The second-order valence-corrected chi connectivity index (χ2v) is 3.77. The quantitative estimate of drug-likeness (QED) is 0.572. The van der Waals surface area contributed by atoms with Crippen LogP contribution in [0.3, 0.4) is 0 Å². The van der Waals surface area contributed by atoms with Crippen LogP contribution in [0.4, 0.5) is 0 Å². The second kappa shape index (κ2) is 4.98. The monoisotopic (exact) mass is 209 g/mol. The van der Waals surface area contributed by atoms with Crippen LogP contribution in [0.2, 0.25) is 0 Å². The predicted molar refractivity (Wildman–Crippen MR) is 53.8 cm³/mol. The smallest absolute Gasteiger partial charge is 0.246 e. The Hall–Kier alpha value is -1.29. The van der Waals surface area contributed by atoms with E-state index in [4.69, 9.17) is 9.25 Å². The van der Waals surface area contributed by atoms with Crippen LogP contribution in [0.1, 0.15) is 25.0 Å². The Morgan fingerprint density at radius 3 is 3.13 bits per heavy atom. The lowest BCUT2D eigenvalue weighted by Crippen LogP contribution is -2.25. The van der Waals surface area contributed by atoms with Crippen molar-refractivity contribution in [1.82, 2.24) is 5.48 Å². The Kier molecular flexibility index (Phi) is 3.40. The van der Waals surface area contributed by atoms with Gasteiger partial charge in [0.25, 0.3) is 0 Å². The van der Waals surface area contributed by atoms with Gasteiger partial charge in [-0.3, -0.25) is 9.63 Å². The van der Waals surface area contributed by atoms with Gasteiger partial charge in [-0.2, -0.15) is 0 Å². The Balaban J connectivity index is 1.50. The van der Waals surface area contributed by atoms with E-state index in [1.54, 1.807) is 6.26 Å². The summed E-state index contributed by atoms with van der Waals surface area (Å²) in [7, 11) is 0. The van der Waals surface area contributed by atoms with Crippen molar-refractivity contribution in [2.75, 3.05) is 6.61 Å². The lowest BCUT2D eigenvalue weighted by molar-refractivity contribution is -0.134. The van der Waals surface area contributed by atoms with E-state index >= 15 is 0 Å². The highest BCUT2D eigenvalue weighted by Crippen LogP contribution is 2.28. The molecule has 1 heterocycles. The summed E-state index contributed by atoms with van der Waals surface area (Å²) in [6.45, 7) is 0.527. The molecule has 0 bridgehead atoms. The third-order valence-electron chi connectivity index (χ3n) is 2.37. The maximum Gasteiger partial charge on any atom is 0.246 e. The zero-order valence-corrected chi connectivity index (χ0v) is 8.57. The Morgan fingerprint density at radius 1 is 1.60 bits per heavy atom. The molecule has 0 atom stereocenters. The maximum atomic E-state index is 11.1. The van der Waals surface area contributed by atoms with Crippen molar-refractivity contribution in [3.05, 3.63) is 24.2 Å². The molecule has 1 fully saturated rings. The molecule has 1 amide bonds. The van der Waals surface area contributed by atoms with E-state index in [9.17, 15) is 4.79 Å². The molecule has 15 heavy (non-hydrogen) atoms. The van der Waals surface area contributed by atoms with E-state index in [0.717, 1.165) is 31.4 Å². The van der Waals surface area contributed by atoms with Crippen molar-refractivity contribution in [2.24, 2.45) is 5.92 Å². The van der Waals surface area contributed by atoms with Gasteiger partial charge in [0, 0.05) is 12.3 Å². The largest absolute Gasteiger partial charge is 0.469 e. The summed E-state index contributed by atoms with van der Waals surface area (Å²) < 4.78 is 5.17. The number of nitrogens with one attached hydrogen (secondary N) is 1. The third kappa shape index (κ3) is 3.40. The van der Waals surface area contributed by atoms with E-state index in [0.29, 0.717) is 6.61 Å². The van der Waals surface area contributed by atoms with Gasteiger partial charge in [-0.15, -0.1) is 0 Å². The van der Waals surface area contributed by atoms with Crippen LogP contribution in [0.5, 0.6) is 0 Å². The first-order chi connectivity index (χ1) is 7.36. The minimum atomic E-state index is 0.0213. The summed E-state index contributed by atoms with van der Waals surface area (Å²) in [5, 5.41) is 0. The summed E-state index contributed by atoms with van der Waals surface area (Å²) in [5.41, 5.74) is 2.46. The van der Waals surface area contributed by atoms with Gasteiger partial charge in [0.2, 0.25) is 5.91 Å². The summed E-state index contributed by atoms with van der Waals surface area (Å²) in [6.07, 6.45) is 5.35. The average molecular weight is 209 g/mol. The first-order valence-electron chi connectivity index (χ1n) is 5.30. The van der Waals surface area contributed by atoms with Crippen molar-refractivity contribution in [1.29, 1.82) is 0 Å². The van der Waals surface area contributed by atoms with E-state index in [1.165, 1.54) is 0 Å². The van der Waals surface area contributed by atoms with Crippen molar-refractivity contribution in [2.45, 2.75) is 25.7 Å². The minimum Gasteiger partial charge on any atom is -0.469 e. The first kappa shape index (κ1) is 10.2. The topological polar surface area (TPSA) is 51.5 Å². The number of hydrogen-bond donors (Lipinski definition) is 1. The molecule has 0 unspecified atom stereocenters. The van der Waals surface area contributed by atoms with Crippen LogP contribution < -0.4 is 5.48 Å². The van der Waals surface area contributed by atoms with Gasteiger partial charge in [-0.05, 0) is 31.4 Å². The van der Waals surface area contributed by atoms with E-state index in [-0.39, 0.29) is 11.8 Å². The predicted octanol–water partition coefficient (Wildman–Crippen LogP) is 1.67. The minimum absolute atomic E-state index is 0.0213. The molecule has 82 valence electrons. The van der Waals surface area contributed by atoms with Crippen LogP contribution >= 0.6 is 0 Å². The van der Waals surface area contributed by atoms with Crippen LogP contribution in [-0.2, 0) is 16.1 Å². The maximum absolute atomic E-state index is 11.1. The van der Waals surface area contributed by atoms with E-state index < -0.39 is 0 Å². The van der Waals surface area contributed by atoms with Crippen molar-refractivity contribution < 1.29 is 14.0 Å². The van der Waals surface area contributed by atoms with Gasteiger partial charge in [-0.25, -0.2) is 5.48 Å². The van der Waals surface area contributed by atoms with Crippen molar-refractivity contribution >= 4 is 5.91 Å². The number of carbonyl (C=O) groups excluding carboxylic acids is 1. The Labute approximate surface area is 88.6 Å². The standard InChI is InChI=1S/C11H15NO3/c13-11(9-5-6-9)12-15-8-2-4-10-3-1-7-14-10/h1,3,7,9H,2,4-6,8H2,(H,12,13). The fourth-order valence-corrected chi connectivity index (χ4v) is 1.32. The summed E-state index contributed by atoms with van der Waals surface area (Å²) in [6, 6.07) is 3.80. The lowest BCUT2D eigenvalue weighted by atomic mass is 10.3. The molecule has 1 aliphatic carbocycles. The second-order valence-electron chi connectivity index (χ2n) is 3.77. The molecule has 1 aromatic rings. The van der Waals surface area contributed by atoms with Crippen LogP contribution in [0, 0.1) is 5.92 Å². The summed E-state index contributed by atoms with van der Waals surface area (Å²) in [5.74, 6) is 1.18. The average Bonchev–Trinajstić information content (AvgIpc) is 2.97. The zero-order chi connectivity index (χ0) is 10.5. The van der Waals surface area contributed by atoms with E-state index in [1.807, 2.05) is 12.1 Å². The third-order valence-corrected chi connectivity index (χ3v) is 2.37. The molecular weight excluding hydrogens is 194 g/mol. The van der Waals surface area contributed by atoms with Gasteiger partial charge >= 0.3 is 0 Å². The van der Waals surface area contributed by atoms with E-state index in [2.05, 4.69) is 5.48 Å². The zero-order valence-electron chi connectivity index (χ0n) is 8.57. The van der Waals surface area contributed by atoms with Crippen LogP contribution in [0.25, 0.3) is 0 Å². The van der Waals surface area contributed by atoms with Crippen LogP contribution in [0.15, 0.2) is 22.8 Å². The fourth-order valence-electron chi connectivity index (χ4n) is 1.32. The molecule has 0 saturated heterocycles.